The molecule has 0 spiro atoms. The summed E-state index contributed by atoms with van der Waals surface area (Å²) in [6.45, 7) is 7.14. The van der Waals surface area contributed by atoms with Gasteiger partial charge in [-0.1, -0.05) is 158 Å². The molecule has 7 aromatic rings. The van der Waals surface area contributed by atoms with Gasteiger partial charge in [-0.2, -0.15) is 0 Å². The molecule has 4 heteroatoms. The first-order chi connectivity index (χ1) is 23.5. The van der Waals surface area contributed by atoms with E-state index in [1.54, 1.807) is 0 Å². The maximum Gasteiger partial charge on any atom is 0.164 e. The molecule has 6 aromatic carbocycles. The number of nitrogens with zero attached hydrogens (tertiary/aromatic N) is 3. The van der Waals surface area contributed by atoms with Gasteiger partial charge >= 0.3 is 0 Å². The molecule has 0 aliphatic carbocycles. The van der Waals surface area contributed by atoms with E-state index in [2.05, 4.69) is 85.3 Å². The Kier molecular flexibility index (Phi) is 5.83. The van der Waals surface area contributed by atoms with E-state index in [1.165, 1.54) is 21.5 Å². The van der Waals surface area contributed by atoms with Crippen LogP contribution in [0, 0.1) is 0 Å². The van der Waals surface area contributed by atoms with Crippen molar-refractivity contribution in [1.82, 2.24) is 15.0 Å². The van der Waals surface area contributed by atoms with E-state index >= 15 is 0 Å². The van der Waals surface area contributed by atoms with Gasteiger partial charge in [-0.05, 0) is 45.2 Å². The lowest BCUT2D eigenvalue weighted by atomic mass is 9.94. The van der Waals surface area contributed by atoms with Crippen LogP contribution < -0.4 is 5.19 Å². The van der Waals surface area contributed by atoms with E-state index < -0.39 is 26.2 Å². The molecule has 0 N–H and O–H groups in total. The third kappa shape index (κ3) is 5.48. The zero-order valence-electron chi connectivity index (χ0n) is 29.8. The quantitative estimate of drug-likeness (QED) is 0.182. The molecule has 44 heavy (non-hydrogen) atoms. The standard InChI is InChI=1S/C40H33N3Si/c1-44(2,3)37-25-24-34(35-22-10-11-23-36(35)37)32-20-12-18-30(26-32)31-19-13-21-33(27-31)40-42-38(28-14-6-4-7-15-28)41-39(43-40)29-16-8-5-9-17-29/h4-27H,1-3H3/i4D,6D,7D,14D,15D. The minimum Gasteiger partial charge on any atom is -0.208 e. The fourth-order valence-corrected chi connectivity index (χ4v) is 7.21. The van der Waals surface area contributed by atoms with Gasteiger partial charge in [-0.3, -0.25) is 0 Å². The van der Waals surface area contributed by atoms with Crippen LogP contribution in [0.3, 0.4) is 0 Å². The molecule has 1 aromatic heterocycles. The number of hydrogen-bond acceptors (Lipinski definition) is 3. The van der Waals surface area contributed by atoms with Gasteiger partial charge in [0.15, 0.2) is 17.5 Å². The first-order valence-corrected chi connectivity index (χ1v) is 18.1. The second-order valence-corrected chi connectivity index (χ2v) is 16.8. The van der Waals surface area contributed by atoms with Crippen LogP contribution in [0.25, 0.3) is 67.2 Å². The van der Waals surface area contributed by atoms with E-state index in [9.17, 15) is 0 Å². The van der Waals surface area contributed by atoms with Gasteiger partial charge in [0.05, 0.1) is 14.9 Å². The smallest absolute Gasteiger partial charge is 0.164 e. The summed E-state index contributed by atoms with van der Waals surface area (Å²) in [5.41, 5.74) is 5.66. The Bertz CT molecular complexity index is 2360. The van der Waals surface area contributed by atoms with Crippen LogP contribution in [0.5, 0.6) is 0 Å². The Morgan fingerprint density at radius 1 is 0.455 bits per heavy atom. The average Bonchev–Trinajstić information content (AvgIpc) is 3.12. The summed E-state index contributed by atoms with van der Waals surface area (Å²) < 4.78 is 41.7. The zero-order chi connectivity index (χ0) is 34.4. The van der Waals surface area contributed by atoms with Gasteiger partial charge in [0.2, 0.25) is 0 Å². The summed E-state index contributed by atoms with van der Waals surface area (Å²) in [5.74, 6) is 0.692. The van der Waals surface area contributed by atoms with Crippen LogP contribution in [0.2, 0.25) is 19.6 Å². The second kappa shape index (κ2) is 11.5. The highest BCUT2D eigenvalue weighted by atomic mass is 28.3. The molecule has 0 saturated heterocycles. The fourth-order valence-electron chi connectivity index (χ4n) is 5.60. The average molecular weight is 589 g/mol. The van der Waals surface area contributed by atoms with Crippen LogP contribution in [0.4, 0.5) is 0 Å². The van der Waals surface area contributed by atoms with Crippen LogP contribution in [-0.4, -0.2) is 23.0 Å². The molecule has 0 fully saturated rings. The van der Waals surface area contributed by atoms with Crippen molar-refractivity contribution in [3.8, 4) is 56.4 Å². The molecule has 212 valence electrons. The lowest BCUT2D eigenvalue weighted by molar-refractivity contribution is 1.07. The molecular formula is C40H33N3Si. The second-order valence-electron chi connectivity index (χ2n) is 11.8. The zero-order valence-corrected chi connectivity index (χ0v) is 25.8. The molecule has 1 heterocycles. The third-order valence-corrected chi connectivity index (χ3v) is 9.80. The highest BCUT2D eigenvalue weighted by Gasteiger charge is 2.20. The SMILES string of the molecule is [2H]c1c([2H])c([2H])c(-c2nc(-c3ccccc3)nc(-c3cccc(-c4cccc(-c5ccc([Si](C)(C)C)c6ccccc56)c4)c3)n2)c([2H])c1[2H]. The van der Waals surface area contributed by atoms with E-state index in [-0.39, 0.29) is 23.5 Å². The van der Waals surface area contributed by atoms with Gasteiger partial charge in [-0.25, -0.2) is 15.0 Å². The molecule has 0 unspecified atom stereocenters. The summed E-state index contributed by atoms with van der Waals surface area (Å²) >= 11 is 0. The third-order valence-electron chi connectivity index (χ3n) is 7.75. The number of benzene rings is 6. The topological polar surface area (TPSA) is 38.7 Å². The van der Waals surface area contributed by atoms with Crippen molar-refractivity contribution in [3.63, 3.8) is 0 Å². The highest BCUT2D eigenvalue weighted by Crippen LogP contribution is 2.33. The Labute approximate surface area is 267 Å². The van der Waals surface area contributed by atoms with Crippen molar-refractivity contribution in [1.29, 1.82) is 0 Å². The lowest BCUT2D eigenvalue weighted by Crippen LogP contribution is -2.38. The number of hydrogen-bond donors (Lipinski definition) is 0. The van der Waals surface area contributed by atoms with Crippen LogP contribution >= 0.6 is 0 Å². The van der Waals surface area contributed by atoms with Crippen molar-refractivity contribution in [2.75, 3.05) is 0 Å². The summed E-state index contributed by atoms with van der Waals surface area (Å²) in [5, 5.41) is 4.00. The number of aromatic nitrogens is 3. The maximum absolute atomic E-state index is 8.58. The maximum atomic E-state index is 8.58. The predicted octanol–water partition coefficient (Wildman–Crippen LogP) is 9.90. The Morgan fingerprint density at radius 3 is 1.66 bits per heavy atom. The van der Waals surface area contributed by atoms with Crippen LogP contribution in [-0.2, 0) is 0 Å². The molecule has 0 atom stereocenters. The molecule has 3 nitrogen and oxygen atoms in total. The molecule has 7 rings (SSSR count). The van der Waals surface area contributed by atoms with Gasteiger partial charge in [0, 0.05) is 16.7 Å². The highest BCUT2D eigenvalue weighted by molar-refractivity contribution is 6.90. The van der Waals surface area contributed by atoms with E-state index in [1.807, 2.05) is 54.6 Å². The molecule has 0 saturated carbocycles. The van der Waals surface area contributed by atoms with Crippen molar-refractivity contribution >= 4 is 24.0 Å². The van der Waals surface area contributed by atoms with Crippen molar-refractivity contribution in [2.24, 2.45) is 0 Å². The Balaban J connectivity index is 1.36. The van der Waals surface area contributed by atoms with Crippen LogP contribution in [0.15, 0.2) is 145 Å². The van der Waals surface area contributed by atoms with Crippen molar-refractivity contribution < 1.29 is 6.85 Å². The molecular weight excluding hydrogens is 551 g/mol. The summed E-state index contributed by atoms with van der Waals surface area (Å²) in [7, 11) is -1.55. The molecule has 0 radical (unpaired) electrons. The largest absolute Gasteiger partial charge is 0.208 e. The van der Waals surface area contributed by atoms with Crippen LogP contribution in [0.1, 0.15) is 6.85 Å². The van der Waals surface area contributed by atoms with E-state index in [0.29, 0.717) is 17.2 Å². The summed E-state index contributed by atoms with van der Waals surface area (Å²) in [4.78, 5) is 14.1. The molecule has 0 amide bonds. The normalized spacial score (nSPS) is 13.1. The molecule has 0 bridgehead atoms. The van der Waals surface area contributed by atoms with Gasteiger partial charge < -0.3 is 0 Å². The summed E-state index contributed by atoms with van der Waals surface area (Å²) in [6.07, 6.45) is 0. The predicted molar refractivity (Wildman–Crippen MR) is 187 cm³/mol. The number of fused-ring (bicyclic) bond motifs is 1. The van der Waals surface area contributed by atoms with Gasteiger partial charge in [0.1, 0.15) is 0 Å². The first kappa shape index (κ1) is 22.4. The summed E-state index contributed by atoms with van der Waals surface area (Å²) in [6, 6.07) is 36.9. The minimum atomic E-state index is -1.55. The van der Waals surface area contributed by atoms with Crippen molar-refractivity contribution in [2.45, 2.75) is 19.6 Å². The van der Waals surface area contributed by atoms with Gasteiger partial charge in [-0.15, -0.1) is 0 Å². The van der Waals surface area contributed by atoms with Crippen molar-refractivity contribution in [3.05, 3.63) is 145 Å². The molecule has 0 aliphatic rings. The minimum absolute atomic E-state index is 0.0156. The number of rotatable bonds is 6. The fraction of sp³-hybridized carbons (Fsp3) is 0.0750. The van der Waals surface area contributed by atoms with E-state index in [4.69, 9.17) is 16.8 Å². The first-order valence-electron chi connectivity index (χ1n) is 17.1. The lowest BCUT2D eigenvalue weighted by Gasteiger charge is -2.21. The van der Waals surface area contributed by atoms with Gasteiger partial charge in [0.25, 0.3) is 0 Å². The monoisotopic (exact) mass is 588 g/mol. The Hall–Kier alpha value is -5.19. The Morgan fingerprint density at radius 2 is 0.977 bits per heavy atom. The molecule has 0 aliphatic heterocycles. The van der Waals surface area contributed by atoms with E-state index in [0.717, 1.165) is 22.3 Å².